The lowest BCUT2D eigenvalue weighted by atomic mass is 10.1. The Labute approximate surface area is 183 Å². The van der Waals surface area contributed by atoms with E-state index in [0.717, 1.165) is 12.1 Å². The summed E-state index contributed by atoms with van der Waals surface area (Å²) < 4.78 is 49.3. The van der Waals surface area contributed by atoms with Crippen LogP contribution in [0.2, 0.25) is 5.02 Å². The summed E-state index contributed by atoms with van der Waals surface area (Å²) in [5.41, 5.74) is 0.496. The van der Waals surface area contributed by atoms with E-state index in [1.54, 1.807) is 29.2 Å². The Kier molecular flexibility index (Phi) is 7.00. The van der Waals surface area contributed by atoms with Crippen molar-refractivity contribution in [3.05, 3.63) is 58.6 Å². The van der Waals surface area contributed by atoms with Crippen LogP contribution in [-0.2, 0) is 11.0 Å². The molecule has 31 heavy (non-hydrogen) atoms. The van der Waals surface area contributed by atoms with Crippen molar-refractivity contribution in [3.63, 3.8) is 0 Å². The monoisotopic (exact) mass is 454 g/mol. The molecule has 0 saturated carbocycles. The third-order valence-electron chi connectivity index (χ3n) is 5.00. The van der Waals surface area contributed by atoms with E-state index >= 15 is 0 Å². The van der Waals surface area contributed by atoms with E-state index in [9.17, 15) is 18.0 Å². The van der Waals surface area contributed by atoms with E-state index in [4.69, 9.17) is 21.1 Å². The molecule has 0 bridgehead atoms. The van der Waals surface area contributed by atoms with Crippen LogP contribution in [0.5, 0.6) is 11.5 Å². The van der Waals surface area contributed by atoms with Crippen molar-refractivity contribution < 1.29 is 27.4 Å². The van der Waals surface area contributed by atoms with Gasteiger partial charge in [0, 0.05) is 37.9 Å². The van der Waals surface area contributed by atoms with E-state index in [0.29, 0.717) is 54.0 Å². The van der Waals surface area contributed by atoms with Crippen LogP contribution in [0, 0.1) is 0 Å². The molecule has 2 aromatic carbocycles. The minimum absolute atomic E-state index is 0.186. The molecular formula is C22H22ClF3N2O3. The fourth-order valence-corrected chi connectivity index (χ4v) is 3.67. The maximum absolute atomic E-state index is 12.9. The zero-order chi connectivity index (χ0) is 22.6. The Morgan fingerprint density at radius 3 is 2.39 bits per heavy atom. The summed E-state index contributed by atoms with van der Waals surface area (Å²) in [5, 5.41) is 0.364. The number of alkyl halides is 3. The summed E-state index contributed by atoms with van der Waals surface area (Å²) in [6.07, 6.45) is -1.31. The normalized spacial score (nSPS) is 14.8. The highest BCUT2D eigenvalue weighted by atomic mass is 35.5. The van der Waals surface area contributed by atoms with Crippen molar-refractivity contribution in [2.45, 2.75) is 6.18 Å². The Hall–Kier alpha value is -2.87. The first-order chi connectivity index (χ1) is 14.7. The molecule has 0 N–H and O–H groups in total. The topological polar surface area (TPSA) is 42.0 Å². The second-order valence-corrected chi connectivity index (χ2v) is 7.34. The number of carbonyl (C=O) groups excluding carboxylic acids is 1. The number of halogens is 4. The van der Waals surface area contributed by atoms with Gasteiger partial charge in [-0.3, -0.25) is 4.79 Å². The highest BCUT2D eigenvalue weighted by molar-refractivity contribution is 6.32. The van der Waals surface area contributed by atoms with E-state index in [2.05, 4.69) is 0 Å². The number of amides is 1. The number of hydrogen-bond acceptors (Lipinski definition) is 4. The Morgan fingerprint density at radius 2 is 1.77 bits per heavy atom. The van der Waals surface area contributed by atoms with Gasteiger partial charge in [-0.05, 0) is 42.0 Å². The molecule has 2 aromatic rings. The number of methoxy groups -OCH3 is 2. The number of carbonyl (C=O) groups is 1. The molecule has 1 aliphatic heterocycles. The number of hydrogen-bond donors (Lipinski definition) is 0. The maximum atomic E-state index is 12.9. The molecule has 9 heteroatoms. The predicted molar refractivity (Wildman–Crippen MR) is 114 cm³/mol. The largest absolute Gasteiger partial charge is 0.493 e. The first-order valence-corrected chi connectivity index (χ1v) is 9.91. The van der Waals surface area contributed by atoms with Gasteiger partial charge in [0.2, 0.25) is 5.91 Å². The molecular weight excluding hydrogens is 433 g/mol. The molecule has 0 radical (unpaired) electrons. The average molecular weight is 455 g/mol. The van der Waals surface area contributed by atoms with Crippen molar-refractivity contribution in [2.24, 2.45) is 0 Å². The van der Waals surface area contributed by atoms with Crippen LogP contribution < -0.4 is 14.4 Å². The van der Waals surface area contributed by atoms with Gasteiger partial charge in [-0.1, -0.05) is 17.7 Å². The quantitative estimate of drug-likeness (QED) is 0.612. The molecule has 0 spiro atoms. The fourth-order valence-electron chi connectivity index (χ4n) is 3.37. The van der Waals surface area contributed by atoms with Crippen molar-refractivity contribution in [2.75, 3.05) is 45.3 Å². The van der Waals surface area contributed by atoms with E-state index in [1.807, 2.05) is 4.90 Å². The van der Waals surface area contributed by atoms with E-state index in [1.165, 1.54) is 26.4 Å². The average Bonchev–Trinajstić information content (AvgIpc) is 2.76. The second-order valence-electron chi connectivity index (χ2n) is 6.93. The maximum Gasteiger partial charge on any atom is 0.416 e. The Bertz CT molecular complexity index is 971. The van der Waals surface area contributed by atoms with Gasteiger partial charge in [-0.25, -0.2) is 0 Å². The molecule has 1 aliphatic rings. The van der Waals surface area contributed by atoms with Crippen LogP contribution in [0.15, 0.2) is 42.5 Å². The summed E-state index contributed by atoms with van der Waals surface area (Å²) in [4.78, 5) is 16.0. The molecule has 5 nitrogen and oxygen atoms in total. The number of piperazine rings is 1. The lowest BCUT2D eigenvalue weighted by Gasteiger charge is -2.35. The predicted octanol–water partition coefficient (Wildman–Crippen LogP) is 4.74. The second kappa shape index (κ2) is 9.51. The molecule has 1 fully saturated rings. The number of nitrogens with zero attached hydrogens (tertiary/aromatic N) is 2. The smallest absolute Gasteiger partial charge is 0.416 e. The molecule has 3 rings (SSSR count). The van der Waals surface area contributed by atoms with Gasteiger partial charge in [0.05, 0.1) is 24.8 Å². The summed E-state index contributed by atoms with van der Waals surface area (Å²) in [6, 6.07) is 8.60. The third kappa shape index (κ3) is 5.44. The number of rotatable bonds is 5. The number of anilines is 1. The minimum atomic E-state index is -4.38. The zero-order valence-corrected chi connectivity index (χ0v) is 17.8. The summed E-state index contributed by atoms with van der Waals surface area (Å²) in [5.74, 6) is 0.685. The third-order valence-corrected chi connectivity index (χ3v) is 5.28. The summed E-state index contributed by atoms with van der Waals surface area (Å²) in [7, 11) is 2.98. The standard InChI is InChI=1S/C22H22ClF3N2O3/c1-30-19-13-15(12-18(23)21(19)31-2)6-7-20(29)28-10-8-27(9-11-28)17-5-3-4-16(14-17)22(24,25)26/h3-7,12-14H,8-11H2,1-2H3/b7-6+. The van der Waals surface area contributed by atoms with Gasteiger partial charge >= 0.3 is 6.18 Å². The van der Waals surface area contributed by atoms with Crippen LogP contribution in [0.25, 0.3) is 6.08 Å². The van der Waals surface area contributed by atoms with Gasteiger partial charge in [0.1, 0.15) is 0 Å². The van der Waals surface area contributed by atoms with Crippen molar-refractivity contribution in [3.8, 4) is 11.5 Å². The molecule has 0 unspecified atom stereocenters. The summed E-state index contributed by atoms with van der Waals surface area (Å²) >= 11 is 6.18. The highest BCUT2D eigenvalue weighted by Crippen LogP contribution is 2.36. The van der Waals surface area contributed by atoms with Crippen molar-refractivity contribution in [1.82, 2.24) is 4.90 Å². The van der Waals surface area contributed by atoms with Gasteiger partial charge in [-0.15, -0.1) is 0 Å². The molecule has 1 saturated heterocycles. The van der Waals surface area contributed by atoms with E-state index < -0.39 is 11.7 Å². The molecule has 1 heterocycles. The number of benzene rings is 2. The van der Waals surface area contributed by atoms with Crippen LogP contribution in [0.4, 0.5) is 18.9 Å². The lowest BCUT2D eigenvalue weighted by molar-refractivity contribution is -0.137. The first kappa shape index (κ1) is 22.8. The molecule has 1 amide bonds. The van der Waals surface area contributed by atoms with Crippen LogP contribution in [0.3, 0.4) is 0 Å². The SMILES string of the molecule is COc1cc(/C=C/C(=O)N2CCN(c3cccc(C(F)(F)F)c3)CC2)cc(Cl)c1OC. The van der Waals surface area contributed by atoms with Crippen LogP contribution in [0.1, 0.15) is 11.1 Å². The molecule has 0 atom stereocenters. The van der Waals surface area contributed by atoms with Gasteiger partial charge in [-0.2, -0.15) is 13.2 Å². The number of ether oxygens (including phenoxy) is 2. The van der Waals surface area contributed by atoms with Gasteiger partial charge in [0.25, 0.3) is 0 Å². The van der Waals surface area contributed by atoms with Crippen LogP contribution in [-0.4, -0.2) is 51.2 Å². The van der Waals surface area contributed by atoms with Gasteiger partial charge < -0.3 is 19.3 Å². The van der Waals surface area contributed by atoms with Crippen LogP contribution >= 0.6 is 11.6 Å². The first-order valence-electron chi connectivity index (χ1n) is 9.53. The zero-order valence-electron chi connectivity index (χ0n) is 17.1. The summed E-state index contributed by atoms with van der Waals surface area (Å²) in [6.45, 7) is 1.71. The Morgan fingerprint density at radius 1 is 1.06 bits per heavy atom. The highest BCUT2D eigenvalue weighted by Gasteiger charge is 2.31. The fraction of sp³-hybridized carbons (Fsp3) is 0.318. The molecule has 0 aromatic heterocycles. The van der Waals surface area contributed by atoms with E-state index in [-0.39, 0.29) is 5.91 Å². The minimum Gasteiger partial charge on any atom is -0.493 e. The van der Waals surface area contributed by atoms with Crippen molar-refractivity contribution in [1.29, 1.82) is 0 Å². The molecule has 0 aliphatic carbocycles. The Balaban J connectivity index is 1.63. The van der Waals surface area contributed by atoms with Gasteiger partial charge in [0.15, 0.2) is 11.5 Å². The molecule has 166 valence electrons. The van der Waals surface area contributed by atoms with Crippen molar-refractivity contribution >= 4 is 29.3 Å². The lowest BCUT2D eigenvalue weighted by Crippen LogP contribution is -2.48.